The lowest BCUT2D eigenvalue weighted by molar-refractivity contribution is -0.131. The molecule has 3 heterocycles. The fourth-order valence-corrected chi connectivity index (χ4v) is 5.99. The van der Waals surface area contributed by atoms with E-state index in [1.165, 1.54) is 28.2 Å². The van der Waals surface area contributed by atoms with Gasteiger partial charge in [-0.05, 0) is 59.1 Å². The third kappa shape index (κ3) is 3.30. The molecule has 31 heavy (non-hydrogen) atoms. The molecule has 1 aromatic carbocycles. The number of fused-ring (bicyclic) bond motifs is 2. The molecule has 1 saturated heterocycles. The Bertz CT molecular complexity index is 1160. The number of aromatic nitrogens is 2. The molecule has 5 rings (SSSR count). The molecule has 2 aromatic heterocycles. The topological polar surface area (TPSA) is 56.6 Å². The van der Waals surface area contributed by atoms with Crippen molar-refractivity contribution in [3.8, 4) is 0 Å². The SMILES string of the molecule is CO[C@]12C[C@H](COC(=O)c3cncc(Br)c3)CN(C)[C@@H]1Cc1cn(C)c3cccc2c13. The van der Waals surface area contributed by atoms with Crippen LogP contribution in [0, 0.1) is 5.92 Å². The molecule has 3 aromatic rings. The number of halogens is 1. The van der Waals surface area contributed by atoms with Crippen LogP contribution >= 0.6 is 15.9 Å². The first-order valence-corrected chi connectivity index (χ1v) is 11.3. The van der Waals surface area contributed by atoms with Crippen LogP contribution in [0.3, 0.4) is 0 Å². The Labute approximate surface area is 190 Å². The number of carbonyl (C=O) groups excluding carboxylic acids is 1. The van der Waals surface area contributed by atoms with Crippen LogP contribution in [0.2, 0.25) is 0 Å². The molecule has 0 radical (unpaired) electrons. The number of hydrogen-bond donors (Lipinski definition) is 0. The fourth-order valence-electron chi connectivity index (χ4n) is 5.63. The van der Waals surface area contributed by atoms with Gasteiger partial charge in [0.1, 0.15) is 5.60 Å². The van der Waals surface area contributed by atoms with Crippen molar-refractivity contribution in [2.45, 2.75) is 24.5 Å². The van der Waals surface area contributed by atoms with E-state index in [0.29, 0.717) is 12.2 Å². The average molecular weight is 484 g/mol. The van der Waals surface area contributed by atoms with E-state index in [9.17, 15) is 4.79 Å². The lowest BCUT2D eigenvalue weighted by Crippen LogP contribution is -2.59. The number of pyridine rings is 1. The number of likely N-dealkylation sites (N-methyl/N-ethyl adjacent to an activating group) is 1. The van der Waals surface area contributed by atoms with Crippen molar-refractivity contribution in [3.63, 3.8) is 0 Å². The highest BCUT2D eigenvalue weighted by molar-refractivity contribution is 9.10. The van der Waals surface area contributed by atoms with Gasteiger partial charge in [-0.2, -0.15) is 0 Å². The van der Waals surface area contributed by atoms with Gasteiger partial charge < -0.3 is 14.0 Å². The van der Waals surface area contributed by atoms with E-state index < -0.39 is 5.60 Å². The normalized spacial score (nSPS) is 25.4. The minimum absolute atomic E-state index is 0.172. The highest BCUT2D eigenvalue weighted by Gasteiger charge is 2.51. The second kappa shape index (κ2) is 7.73. The average Bonchev–Trinajstić information content (AvgIpc) is 3.09. The summed E-state index contributed by atoms with van der Waals surface area (Å²) in [5.41, 5.74) is 3.90. The summed E-state index contributed by atoms with van der Waals surface area (Å²) < 4.78 is 15.0. The molecular weight excluding hydrogens is 458 g/mol. The number of rotatable bonds is 4. The zero-order valence-electron chi connectivity index (χ0n) is 18.0. The zero-order chi connectivity index (χ0) is 21.8. The molecule has 1 aliphatic carbocycles. The Hall–Kier alpha value is -2.22. The number of ether oxygens (including phenoxy) is 2. The van der Waals surface area contributed by atoms with Crippen molar-refractivity contribution in [1.29, 1.82) is 0 Å². The number of aryl methyl sites for hydroxylation is 1. The van der Waals surface area contributed by atoms with Crippen LogP contribution in [-0.2, 0) is 28.5 Å². The Morgan fingerprint density at radius 1 is 1.32 bits per heavy atom. The Balaban J connectivity index is 1.44. The van der Waals surface area contributed by atoms with E-state index in [0.717, 1.165) is 23.9 Å². The summed E-state index contributed by atoms with van der Waals surface area (Å²) in [5, 5.41) is 1.31. The van der Waals surface area contributed by atoms with Crippen molar-refractivity contribution in [1.82, 2.24) is 14.5 Å². The number of esters is 1. The number of methoxy groups -OCH3 is 1. The fraction of sp³-hybridized carbons (Fsp3) is 0.417. The predicted molar refractivity (Wildman–Crippen MR) is 122 cm³/mol. The molecule has 2 aliphatic rings. The van der Waals surface area contributed by atoms with Crippen molar-refractivity contribution in [2.75, 3.05) is 27.3 Å². The van der Waals surface area contributed by atoms with Crippen LogP contribution in [0.4, 0.5) is 0 Å². The predicted octanol–water partition coefficient (Wildman–Crippen LogP) is 3.91. The van der Waals surface area contributed by atoms with Crippen LogP contribution in [0.15, 0.2) is 47.3 Å². The minimum atomic E-state index is -0.421. The highest BCUT2D eigenvalue weighted by atomic mass is 79.9. The zero-order valence-corrected chi connectivity index (χ0v) is 19.6. The number of likely N-dealkylation sites (tertiary alicyclic amines) is 1. The Morgan fingerprint density at radius 3 is 2.94 bits per heavy atom. The molecule has 3 atom stereocenters. The molecule has 0 unspecified atom stereocenters. The maximum atomic E-state index is 12.5. The van der Waals surface area contributed by atoms with Gasteiger partial charge in [0.15, 0.2) is 0 Å². The summed E-state index contributed by atoms with van der Waals surface area (Å²) in [6, 6.07) is 8.47. The van der Waals surface area contributed by atoms with Gasteiger partial charge in [0.05, 0.1) is 12.2 Å². The maximum absolute atomic E-state index is 12.5. The van der Waals surface area contributed by atoms with E-state index in [4.69, 9.17) is 9.47 Å². The highest BCUT2D eigenvalue weighted by Crippen LogP contribution is 2.49. The van der Waals surface area contributed by atoms with Gasteiger partial charge in [0.2, 0.25) is 0 Å². The molecule has 1 aliphatic heterocycles. The van der Waals surface area contributed by atoms with Crippen LogP contribution in [0.1, 0.15) is 27.9 Å². The smallest absolute Gasteiger partial charge is 0.339 e. The van der Waals surface area contributed by atoms with Gasteiger partial charge in [-0.3, -0.25) is 9.88 Å². The summed E-state index contributed by atoms with van der Waals surface area (Å²) in [5.74, 6) is -0.174. The molecule has 0 bridgehead atoms. The number of nitrogens with zero attached hydrogens (tertiary/aromatic N) is 3. The Kier molecular flexibility index (Phi) is 5.15. The quantitative estimate of drug-likeness (QED) is 0.526. The van der Waals surface area contributed by atoms with Crippen LogP contribution in [0.25, 0.3) is 10.9 Å². The molecule has 6 nitrogen and oxygen atoms in total. The maximum Gasteiger partial charge on any atom is 0.339 e. The number of piperidine rings is 1. The first kappa shape index (κ1) is 20.7. The van der Waals surface area contributed by atoms with Gasteiger partial charge in [-0.25, -0.2) is 4.79 Å². The van der Waals surface area contributed by atoms with Crippen molar-refractivity contribution < 1.29 is 14.3 Å². The summed E-state index contributed by atoms with van der Waals surface area (Å²) in [4.78, 5) is 19.0. The third-order valence-electron chi connectivity index (χ3n) is 6.93. The van der Waals surface area contributed by atoms with E-state index in [1.54, 1.807) is 12.3 Å². The van der Waals surface area contributed by atoms with Crippen LogP contribution in [0.5, 0.6) is 0 Å². The van der Waals surface area contributed by atoms with E-state index in [2.05, 4.69) is 68.9 Å². The molecule has 7 heteroatoms. The monoisotopic (exact) mass is 483 g/mol. The number of carbonyl (C=O) groups is 1. The van der Waals surface area contributed by atoms with E-state index in [-0.39, 0.29) is 17.9 Å². The summed E-state index contributed by atoms with van der Waals surface area (Å²) in [7, 11) is 6.07. The van der Waals surface area contributed by atoms with Crippen LogP contribution < -0.4 is 0 Å². The van der Waals surface area contributed by atoms with Gasteiger partial charge >= 0.3 is 5.97 Å². The molecule has 1 fully saturated rings. The van der Waals surface area contributed by atoms with E-state index in [1.807, 2.05) is 7.11 Å². The number of benzene rings is 1. The third-order valence-corrected chi connectivity index (χ3v) is 7.36. The molecule has 0 saturated carbocycles. The van der Waals surface area contributed by atoms with E-state index >= 15 is 0 Å². The second-order valence-corrected chi connectivity index (χ2v) is 9.69. The molecule has 0 N–H and O–H groups in total. The Morgan fingerprint density at radius 2 is 2.16 bits per heavy atom. The lowest BCUT2D eigenvalue weighted by atomic mass is 9.69. The molecule has 0 amide bonds. The summed E-state index contributed by atoms with van der Waals surface area (Å²) >= 11 is 3.35. The molecule has 0 spiro atoms. The largest absolute Gasteiger partial charge is 0.462 e. The first-order chi connectivity index (χ1) is 14.9. The van der Waals surface area contributed by atoms with Crippen molar-refractivity contribution >= 4 is 32.8 Å². The lowest BCUT2D eigenvalue weighted by Gasteiger charge is -2.53. The standard InChI is InChI=1S/C24H26BrN3O3/c1-27-13-17-8-21-24(30-3,19-5-4-6-20(27)22(17)19)9-15(12-28(21)2)14-31-23(29)16-7-18(25)11-26-10-16/h4-7,10-11,13,15,21H,8-9,12,14H2,1-3H3/t15-,21+,24-/m0/s1. The number of hydrogen-bond acceptors (Lipinski definition) is 5. The second-order valence-electron chi connectivity index (χ2n) is 8.78. The van der Waals surface area contributed by atoms with Crippen LogP contribution in [-0.4, -0.2) is 53.8 Å². The van der Waals surface area contributed by atoms with Crippen molar-refractivity contribution in [2.24, 2.45) is 13.0 Å². The first-order valence-electron chi connectivity index (χ1n) is 10.5. The van der Waals surface area contributed by atoms with Gasteiger partial charge in [-0.15, -0.1) is 0 Å². The van der Waals surface area contributed by atoms with Crippen molar-refractivity contribution in [3.05, 3.63) is 64.0 Å². The van der Waals surface area contributed by atoms with Gasteiger partial charge in [0, 0.05) is 66.6 Å². The summed E-state index contributed by atoms with van der Waals surface area (Å²) in [6.07, 6.45) is 7.20. The summed E-state index contributed by atoms with van der Waals surface area (Å²) in [6.45, 7) is 1.21. The minimum Gasteiger partial charge on any atom is -0.462 e. The molecular formula is C24H26BrN3O3. The molecule has 162 valence electrons. The van der Waals surface area contributed by atoms with Gasteiger partial charge in [-0.1, -0.05) is 12.1 Å². The van der Waals surface area contributed by atoms with Gasteiger partial charge in [0.25, 0.3) is 0 Å².